The van der Waals surface area contributed by atoms with E-state index in [-0.39, 0.29) is 23.6 Å². The maximum Gasteiger partial charge on any atom is 0.345 e. The Morgan fingerprint density at radius 3 is 2.36 bits per heavy atom. The van der Waals surface area contributed by atoms with E-state index in [0.717, 1.165) is 12.1 Å². The van der Waals surface area contributed by atoms with Crippen molar-refractivity contribution in [2.24, 2.45) is 0 Å². The highest BCUT2D eigenvalue weighted by Crippen LogP contribution is 2.34. The molecule has 2 aromatic rings. The number of methoxy groups -OCH3 is 2. The smallest absolute Gasteiger partial charge is 0.345 e. The van der Waals surface area contributed by atoms with Crippen LogP contribution in [0.5, 0.6) is 11.5 Å². The molecule has 0 atom stereocenters. The first kappa shape index (κ1) is 20.7. The molecule has 0 saturated carbocycles. The molecule has 0 aliphatic rings. The van der Waals surface area contributed by atoms with Crippen molar-refractivity contribution in [2.45, 2.75) is 13.5 Å². The fraction of sp³-hybridized carbons (Fsp3) is 0.333. The van der Waals surface area contributed by atoms with Crippen molar-refractivity contribution in [1.82, 2.24) is 4.90 Å². The van der Waals surface area contributed by atoms with Gasteiger partial charge in [0.1, 0.15) is 17.1 Å². The van der Waals surface area contributed by atoms with E-state index >= 15 is 0 Å². The highest BCUT2D eigenvalue weighted by molar-refractivity contribution is 5.96. The average molecular weight is 392 g/mol. The van der Waals surface area contributed by atoms with Crippen LogP contribution in [-0.2, 0) is 16.1 Å². The minimum Gasteiger partial charge on any atom is -0.493 e. The van der Waals surface area contributed by atoms with E-state index in [4.69, 9.17) is 18.6 Å². The molecule has 0 N–H and O–H groups in total. The number of nitrogens with zero attached hydrogens (tertiary/aromatic N) is 2. The van der Waals surface area contributed by atoms with Crippen LogP contribution >= 0.6 is 0 Å². The zero-order valence-corrected chi connectivity index (χ0v) is 15.9. The SMILES string of the molecule is COc1cc(C(=O)OCC(=O)N(C)Cc2ccc(C)o2)c([N+](=O)[O-])cc1OC. The van der Waals surface area contributed by atoms with Gasteiger partial charge in [0.25, 0.3) is 11.6 Å². The van der Waals surface area contributed by atoms with Crippen molar-refractivity contribution < 1.29 is 33.1 Å². The number of carbonyl (C=O) groups excluding carboxylic acids is 2. The summed E-state index contributed by atoms with van der Waals surface area (Å²) in [4.78, 5) is 36.3. The first-order valence-electron chi connectivity index (χ1n) is 8.13. The quantitative estimate of drug-likeness (QED) is 0.381. The molecule has 0 fully saturated rings. The molecule has 1 heterocycles. The second kappa shape index (κ2) is 8.89. The van der Waals surface area contributed by atoms with Gasteiger partial charge >= 0.3 is 5.97 Å². The van der Waals surface area contributed by atoms with Crippen LogP contribution in [0.25, 0.3) is 0 Å². The maximum atomic E-state index is 12.3. The Labute approximate surface area is 160 Å². The highest BCUT2D eigenvalue weighted by atomic mass is 16.6. The van der Waals surface area contributed by atoms with Crippen LogP contribution in [0.2, 0.25) is 0 Å². The Morgan fingerprint density at radius 2 is 1.82 bits per heavy atom. The third-order valence-corrected chi connectivity index (χ3v) is 3.86. The summed E-state index contributed by atoms with van der Waals surface area (Å²) in [6.45, 7) is 1.39. The van der Waals surface area contributed by atoms with Crippen molar-refractivity contribution in [2.75, 3.05) is 27.9 Å². The number of furan rings is 1. The predicted molar refractivity (Wildman–Crippen MR) is 96.4 cm³/mol. The second-order valence-electron chi connectivity index (χ2n) is 5.82. The summed E-state index contributed by atoms with van der Waals surface area (Å²) >= 11 is 0. The predicted octanol–water partition coefficient (Wildman–Crippen LogP) is 2.33. The molecule has 10 nitrogen and oxygen atoms in total. The molecule has 150 valence electrons. The van der Waals surface area contributed by atoms with Gasteiger partial charge in [0.15, 0.2) is 18.1 Å². The lowest BCUT2D eigenvalue weighted by Gasteiger charge is -2.16. The van der Waals surface area contributed by atoms with Crippen LogP contribution in [0, 0.1) is 17.0 Å². The van der Waals surface area contributed by atoms with Crippen LogP contribution in [0.1, 0.15) is 21.9 Å². The van der Waals surface area contributed by atoms with Crippen LogP contribution in [0.15, 0.2) is 28.7 Å². The Kier molecular flexibility index (Phi) is 6.59. The van der Waals surface area contributed by atoms with Crippen LogP contribution < -0.4 is 9.47 Å². The highest BCUT2D eigenvalue weighted by Gasteiger charge is 2.26. The number of hydrogen-bond donors (Lipinski definition) is 0. The van der Waals surface area contributed by atoms with Crippen LogP contribution in [-0.4, -0.2) is 49.6 Å². The molecule has 1 aromatic heterocycles. The molecule has 0 spiro atoms. The van der Waals surface area contributed by atoms with Crippen molar-refractivity contribution in [3.63, 3.8) is 0 Å². The molecule has 1 amide bonds. The number of hydrogen-bond acceptors (Lipinski definition) is 8. The van der Waals surface area contributed by atoms with Crippen molar-refractivity contribution >= 4 is 17.6 Å². The topological polar surface area (TPSA) is 121 Å². The lowest BCUT2D eigenvalue weighted by molar-refractivity contribution is -0.385. The van der Waals surface area contributed by atoms with E-state index in [9.17, 15) is 19.7 Å². The van der Waals surface area contributed by atoms with Crippen LogP contribution in [0.3, 0.4) is 0 Å². The van der Waals surface area contributed by atoms with Gasteiger partial charge in [-0.1, -0.05) is 0 Å². The number of benzene rings is 1. The molecular formula is C18H20N2O8. The Bertz CT molecular complexity index is 890. The molecular weight excluding hydrogens is 372 g/mol. The molecule has 0 aliphatic carbocycles. The normalized spacial score (nSPS) is 10.3. The molecule has 0 bridgehead atoms. The van der Waals surface area contributed by atoms with E-state index in [1.54, 1.807) is 19.1 Å². The van der Waals surface area contributed by atoms with E-state index in [0.29, 0.717) is 11.5 Å². The van der Waals surface area contributed by atoms with E-state index in [1.807, 2.05) is 0 Å². The molecule has 10 heteroatoms. The van der Waals surface area contributed by atoms with Gasteiger partial charge in [0.2, 0.25) is 0 Å². The third kappa shape index (κ3) is 4.78. The summed E-state index contributed by atoms with van der Waals surface area (Å²) < 4.78 is 20.4. The van der Waals surface area contributed by atoms with E-state index in [2.05, 4.69) is 0 Å². The van der Waals surface area contributed by atoms with E-state index < -0.39 is 29.1 Å². The molecule has 28 heavy (non-hydrogen) atoms. The second-order valence-corrected chi connectivity index (χ2v) is 5.82. The number of likely N-dealkylation sites (N-methyl/N-ethyl adjacent to an activating group) is 1. The zero-order chi connectivity index (χ0) is 20.8. The van der Waals surface area contributed by atoms with Gasteiger partial charge in [-0.3, -0.25) is 14.9 Å². The van der Waals surface area contributed by atoms with Gasteiger partial charge in [0, 0.05) is 13.1 Å². The summed E-state index contributed by atoms with van der Waals surface area (Å²) in [5.41, 5.74) is -0.866. The lowest BCUT2D eigenvalue weighted by atomic mass is 10.1. The molecule has 0 unspecified atom stereocenters. The van der Waals surface area contributed by atoms with Gasteiger partial charge in [-0.2, -0.15) is 0 Å². The standard InChI is InChI=1S/C18H20N2O8/c1-11-5-6-12(28-11)9-19(2)17(21)10-27-18(22)13-7-15(25-3)16(26-4)8-14(13)20(23)24/h5-8H,9-10H2,1-4H3. The first-order valence-corrected chi connectivity index (χ1v) is 8.13. The zero-order valence-electron chi connectivity index (χ0n) is 15.9. The number of amides is 1. The fourth-order valence-corrected chi connectivity index (χ4v) is 2.39. The largest absolute Gasteiger partial charge is 0.493 e. The lowest BCUT2D eigenvalue weighted by Crippen LogP contribution is -2.30. The summed E-state index contributed by atoms with van der Waals surface area (Å²) in [6.07, 6.45) is 0. The van der Waals surface area contributed by atoms with E-state index in [1.165, 1.54) is 26.2 Å². The number of nitro groups is 1. The summed E-state index contributed by atoms with van der Waals surface area (Å²) in [5, 5.41) is 11.3. The van der Waals surface area contributed by atoms with Gasteiger partial charge in [-0.05, 0) is 19.1 Å². The molecule has 2 rings (SSSR count). The number of ether oxygens (including phenoxy) is 3. The Morgan fingerprint density at radius 1 is 1.18 bits per heavy atom. The minimum atomic E-state index is -1.02. The summed E-state index contributed by atoms with van der Waals surface area (Å²) in [7, 11) is 4.16. The fourth-order valence-electron chi connectivity index (χ4n) is 2.39. The van der Waals surface area contributed by atoms with Crippen LogP contribution in [0.4, 0.5) is 5.69 Å². The van der Waals surface area contributed by atoms with Crippen molar-refractivity contribution in [3.8, 4) is 11.5 Å². The monoisotopic (exact) mass is 392 g/mol. The molecule has 0 aliphatic heterocycles. The van der Waals surface area contributed by atoms with Crippen molar-refractivity contribution in [3.05, 3.63) is 51.5 Å². The third-order valence-electron chi connectivity index (χ3n) is 3.86. The average Bonchev–Trinajstić information content (AvgIpc) is 3.08. The number of nitro benzene ring substituents is 1. The number of carbonyl (C=O) groups is 2. The number of esters is 1. The molecule has 0 saturated heterocycles. The number of rotatable bonds is 8. The summed E-state index contributed by atoms with van der Waals surface area (Å²) in [5.74, 6) is -0.0148. The minimum absolute atomic E-state index is 0.0929. The Balaban J connectivity index is 2.09. The molecule has 0 radical (unpaired) electrons. The van der Waals surface area contributed by atoms with Gasteiger partial charge in [0.05, 0.1) is 31.8 Å². The maximum absolute atomic E-state index is 12.3. The van der Waals surface area contributed by atoms with Gasteiger partial charge in [-0.25, -0.2) is 4.79 Å². The van der Waals surface area contributed by atoms with Crippen molar-refractivity contribution in [1.29, 1.82) is 0 Å². The van der Waals surface area contributed by atoms with Gasteiger partial charge in [-0.15, -0.1) is 0 Å². The molecule has 1 aromatic carbocycles. The van der Waals surface area contributed by atoms with Gasteiger partial charge < -0.3 is 23.5 Å². The first-order chi connectivity index (χ1) is 13.3. The number of aryl methyl sites for hydroxylation is 1. The Hall–Kier alpha value is -3.56. The summed E-state index contributed by atoms with van der Waals surface area (Å²) in [6, 6.07) is 5.70.